The van der Waals surface area contributed by atoms with Gasteiger partial charge in [-0.1, -0.05) is 30.3 Å². The van der Waals surface area contributed by atoms with Crippen molar-refractivity contribution in [3.8, 4) is 0 Å². The van der Waals surface area contributed by atoms with Gasteiger partial charge in [-0.25, -0.2) is 0 Å². The quantitative estimate of drug-likeness (QED) is 0.706. The van der Waals surface area contributed by atoms with E-state index in [1.54, 1.807) is 0 Å². The molecule has 90 valence electrons. The Bertz CT molecular complexity index is 318. The molecule has 1 aromatic carbocycles. The minimum Gasteiger partial charge on any atom is -0.311 e. The number of halogens is 2. The smallest absolute Gasteiger partial charge is 0.0240 e. The maximum atomic E-state index is 3.53. The molecule has 0 spiro atoms. The zero-order valence-corrected chi connectivity index (χ0v) is 13.8. The summed E-state index contributed by atoms with van der Waals surface area (Å²) in [5.74, 6) is 0. The van der Waals surface area contributed by atoms with Crippen LogP contribution in [0.5, 0.6) is 0 Å². The predicted octanol–water partition coefficient (Wildman–Crippen LogP) is 2.47. The molecule has 0 amide bonds. The fourth-order valence-electron chi connectivity index (χ4n) is 2.66. The Labute approximate surface area is 131 Å². The molecule has 2 bridgehead atoms. The van der Waals surface area contributed by atoms with Crippen LogP contribution in [-0.2, 0) is 6.54 Å². The van der Waals surface area contributed by atoms with Crippen LogP contribution >= 0.6 is 48.0 Å². The highest BCUT2D eigenvalue weighted by atomic mass is 127. The zero-order valence-electron chi connectivity index (χ0n) is 9.13. The summed E-state index contributed by atoms with van der Waals surface area (Å²) in [4.78, 5) is 2.61. The van der Waals surface area contributed by atoms with Crippen LogP contribution in [0.3, 0.4) is 0 Å². The standard InChI is InChI=1S/C12H16N2.2HI/c1-2-4-10(5-3-1)8-14-9-11-6-12(14)7-13-11;;/h1-5,11-13H,6-9H2;2*1H/t11?,12-;;/m0../s1. The second-order valence-electron chi connectivity index (χ2n) is 4.41. The maximum Gasteiger partial charge on any atom is 0.0240 e. The van der Waals surface area contributed by atoms with Gasteiger partial charge >= 0.3 is 0 Å². The van der Waals surface area contributed by atoms with Crippen molar-refractivity contribution in [2.45, 2.75) is 25.0 Å². The molecule has 2 aliphatic heterocycles. The Balaban J connectivity index is 0.000000640. The number of hydrogen-bond donors (Lipinski definition) is 1. The van der Waals surface area contributed by atoms with Crippen LogP contribution in [0.25, 0.3) is 0 Å². The van der Waals surface area contributed by atoms with Crippen molar-refractivity contribution in [1.82, 2.24) is 10.2 Å². The summed E-state index contributed by atoms with van der Waals surface area (Å²) in [7, 11) is 0. The molecule has 2 atom stereocenters. The van der Waals surface area contributed by atoms with Crippen molar-refractivity contribution in [3.05, 3.63) is 35.9 Å². The summed E-state index contributed by atoms with van der Waals surface area (Å²) >= 11 is 0. The lowest BCUT2D eigenvalue weighted by Gasteiger charge is -2.27. The van der Waals surface area contributed by atoms with Gasteiger partial charge < -0.3 is 5.32 Å². The van der Waals surface area contributed by atoms with Gasteiger partial charge in [-0.05, 0) is 12.0 Å². The molecular formula is C12H18I2N2. The molecule has 2 saturated heterocycles. The monoisotopic (exact) mass is 444 g/mol. The summed E-state index contributed by atoms with van der Waals surface area (Å²) in [5, 5.41) is 3.53. The molecule has 0 aromatic heterocycles. The number of nitrogens with one attached hydrogen (secondary N) is 1. The third kappa shape index (κ3) is 3.08. The molecule has 2 heterocycles. The van der Waals surface area contributed by atoms with Crippen molar-refractivity contribution in [2.24, 2.45) is 0 Å². The van der Waals surface area contributed by atoms with Gasteiger partial charge in [-0.15, -0.1) is 48.0 Å². The van der Waals surface area contributed by atoms with E-state index in [4.69, 9.17) is 0 Å². The lowest BCUT2D eigenvalue weighted by atomic mass is 10.2. The van der Waals surface area contributed by atoms with Crippen LogP contribution in [0, 0.1) is 0 Å². The largest absolute Gasteiger partial charge is 0.311 e. The number of nitrogens with zero attached hydrogens (tertiary/aromatic N) is 1. The average molecular weight is 444 g/mol. The van der Waals surface area contributed by atoms with Gasteiger partial charge in [0.2, 0.25) is 0 Å². The van der Waals surface area contributed by atoms with E-state index in [1.165, 1.54) is 25.1 Å². The second kappa shape index (κ2) is 6.51. The van der Waals surface area contributed by atoms with Crippen LogP contribution in [0.2, 0.25) is 0 Å². The van der Waals surface area contributed by atoms with Crippen LogP contribution in [0.1, 0.15) is 12.0 Å². The third-order valence-corrected chi connectivity index (χ3v) is 3.40. The molecule has 4 heteroatoms. The Morgan fingerprint density at radius 1 is 1.19 bits per heavy atom. The summed E-state index contributed by atoms with van der Waals surface area (Å²) in [6.45, 7) is 3.56. The van der Waals surface area contributed by atoms with Crippen LogP contribution in [0.15, 0.2) is 30.3 Å². The highest BCUT2D eigenvalue weighted by Crippen LogP contribution is 2.24. The number of rotatable bonds is 2. The minimum atomic E-state index is 0. The first-order valence-electron chi connectivity index (χ1n) is 5.43. The van der Waals surface area contributed by atoms with Gasteiger partial charge in [-0.3, -0.25) is 4.90 Å². The van der Waals surface area contributed by atoms with Crippen molar-refractivity contribution >= 4 is 48.0 Å². The first kappa shape index (κ1) is 14.7. The van der Waals surface area contributed by atoms with Crippen molar-refractivity contribution in [2.75, 3.05) is 13.1 Å². The predicted molar refractivity (Wildman–Crippen MR) is 87.9 cm³/mol. The Hall–Kier alpha value is 0.600. The summed E-state index contributed by atoms with van der Waals surface area (Å²) in [5.41, 5.74) is 1.44. The molecule has 1 N–H and O–H groups in total. The van der Waals surface area contributed by atoms with E-state index in [-0.39, 0.29) is 48.0 Å². The van der Waals surface area contributed by atoms with Crippen molar-refractivity contribution in [3.63, 3.8) is 0 Å². The Morgan fingerprint density at radius 2 is 1.94 bits per heavy atom. The first-order chi connectivity index (χ1) is 6.92. The summed E-state index contributed by atoms with van der Waals surface area (Å²) < 4.78 is 0. The Kier molecular flexibility index (Phi) is 5.97. The molecular weight excluding hydrogens is 426 g/mol. The lowest BCUT2D eigenvalue weighted by Crippen LogP contribution is -2.42. The lowest BCUT2D eigenvalue weighted by molar-refractivity contribution is 0.218. The highest BCUT2D eigenvalue weighted by Gasteiger charge is 2.36. The zero-order chi connectivity index (χ0) is 9.38. The summed E-state index contributed by atoms with van der Waals surface area (Å²) in [6.07, 6.45) is 1.35. The molecule has 3 rings (SSSR count). The molecule has 2 aliphatic rings. The summed E-state index contributed by atoms with van der Waals surface area (Å²) in [6, 6.07) is 12.3. The molecule has 1 unspecified atom stereocenters. The van der Waals surface area contributed by atoms with Crippen molar-refractivity contribution < 1.29 is 0 Å². The second-order valence-corrected chi connectivity index (χ2v) is 4.41. The van der Waals surface area contributed by atoms with E-state index < -0.39 is 0 Å². The Morgan fingerprint density at radius 3 is 2.50 bits per heavy atom. The molecule has 16 heavy (non-hydrogen) atoms. The molecule has 1 aromatic rings. The van der Waals surface area contributed by atoms with Crippen LogP contribution in [0.4, 0.5) is 0 Å². The number of piperazine rings is 1. The fraction of sp³-hybridized carbons (Fsp3) is 0.500. The SMILES string of the molecule is I.I.c1ccc(CN2CC3C[C@H]2CN3)cc1. The van der Waals surface area contributed by atoms with Gasteiger partial charge in [0.15, 0.2) is 0 Å². The van der Waals surface area contributed by atoms with E-state index >= 15 is 0 Å². The number of fused-ring (bicyclic) bond motifs is 2. The third-order valence-electron chi connectivity index (χ3n) is 3.40. The van der Waals surface area contributed by atoms with Gasteiger partial charge in [0, 0.05) is 31.7 Å². The van der Waals surface area contributed by atoms with Gasteiger partial charge in [0.05, 0.1) is 0 Å². The van der Waals surface area contributed by atoms with Crippen LogP contribution in [-0.4, -0.2) is 30.1 Å². The molecule has 2 nitrogen and oxygen atoms in total. The van der Waals surface area contributed by atoms with Gasteiger partial charge in [0.25, 0.3) is 0 Å². The molecule has 0 radical (unpaired) electrons. The molecule has 2 fully saturated rings. The first-order valence-corrected chi connectivity index (χ1v) is 5.43. The number of benzene rings is 1. The minimum absolute atomic E-state index is 0. The molecule has 0 aliphatic carbocycles. The fourth-order valence-corrected chi connectivity index (χ4v) is 2.66. The van der Waals surface area contributed by atoms with Crippen molar-refractivity contribution in [1.29, 1.82) is 0 Å². The van der Waals surface area contributed by atoms with E-state index in [0.717, 1.165) is 18.6 Å². The maximum absolute atomic E-state index is 3.53. The van der Waals surface area contributed by atoms with Gasteiger partial charge in [-0.2, -0.15) is 0 Å². The van der Waals surface area contributed by atoms with E-state index in [2.05, 4.69) is 40.5 Å². The number of hydrogen-bond acceptors (Lipinski definition) is 2. The van der Waals surface area contributed by atoms with E-state index in [1.807, 2.05) is 0 Å². The highest BCUT2D eigenvalue weighted by molar-refractivity contribution is 14.0. The topological polar surface area (TPSA) is 15.3 Å². The average Bonchev–Trinajstić information content (AvgIpc) is 2.81. The van der Waals surface area contributed by atoms with E-state index in [9.17, 15) is 0 Å². The van der Waals surface area contributed by atoms with Gasteiger partial charge in [0.1, 0.15) is 0 Å². The normalized spacial score (nSPS) is 27.2. The molecule has 0 saturated carbocycles. The van der Waals surface area contributed by atoms with E-state index in [0.29, 0.717) is 0 Å². The number of likely N-dealkylation sites (tertiary alicyclic amines) is 1. The van der Waals surface area contributed by atoms with Crippen LogP contribution < -0.4 is 5.32 Å².